The summed E-state index contributed by atoms with van der Waals surface area (Å²) < 4.78 is 83.3. The molecule has 0 bridgehead atoms. The van der Waals surface area contributed by atoms with Crippen LogP contribution in [0.4, 0.5) is 51.2 Å². The normalized spacial score (nSPS) is 12.2. The number of azo groups is 3. The number of aromatic carboxylic acids is 1. The fourth-order valence-corrected chi connectivity index (χ4v) is 6.30. The summed E-state index contributed by atoms with van der Waals surface area (Å²) in [5, 5.41) is 42.3. The Bertz CT molecular complexity index is 2590. The second-order valence-corrected chi connectivity index (χ2v) is 15.2. The molecule has 0 unspecified atom stereocenters. The monoisotopic (exact) mass is 782 g/mol. The van der Waals surface area contributed by atoms with Crippen molar-refractivity contribution in [1.29, 1.82) is 5.41 Å². The van der Waals surface area contributed by atoms with Crippen molar-refractivity contribution in [2.75, 3.05) is 16.9 Å². The lowest BCUT2D eigenvalue weighted by Gasteiger charge is -2.13. The zero-order valence-corrected chi connectivity index (χ0v) is 29.2. The lowest BCUT2D eigenvalue weighted by Crippen LogP contribution is -2.04. The first-order valence-corrected chi connectivity index (χ1v) is 18.7. The predicted octanol–water partition coefficient (Wildman–Crippen LogP) is 6.83. The van der Waals surface area contributed by atoms with E-state index in [9.17, 15) is 39.7 Å². The SMILES string of the molecule is C=CS(=O)(=O)c1cccc(N=Nc2c(N)c(N=Nc3cccc(S(=O)(=O)C=C)c3)c(C(=O)O)c(N=Nc3cc(NOC=N)ccc3S(=O)(=O)O)c2N)c1. The van der Waals surface area contributed by atoms with Gasteiger partial charge in [0.05, 0.1) is 38.2 Å². The first-order chi connectivity index (χ1) is 24.9. The van der Waals surface area contributed by atoms with Gasteiger partial charge in [0.25, 0.3) is 10.1 Å². The van der Waals surface area contributed by atoms with Crippen LogP contribution in [-0.4, -0.2) is 47.3 Å². The number of nitrogen functional groups attached to an aromatic ring is 2. The second kappa shape index (κ2) is 15.7. The third-order valence-corrected chi connectivity index (χ3v) is 10.3. The zero-order chi connectivity index (χ0) is 39.1. The van der Waals surface area contributed by atoms with Crippen LogP contribution in [0.1, 0.15) is 10.4 Å². The topological polar surface area (TPSA) is 331 Å². The number of rotatable bonds is 15. The van der Waals surface area contributed by atoms with Crippen LogP contribution in [0.3, 0.4) is 0 Å². The molecule has 0 saturated heterocycles. The highest BCUT2D eigenvalue weighted by Crippen LogP contribution is 2.49. The van der Waals surface area contributed by atoms with Crippen molar-refractivity contribution in [3.05, 3.63) is 96.3 Å². The van der Waals surface area contributed by atoms with Crippen molar-refractivity contribution in [2.45, 2.75) is 14.7 Å². The first-order valence-electron chi connectivity index (χ1n) is 14.1. The van der Waals surface area contributed by atoms with E-state index in [1.54, 1.807) is 0 Å². The first kappa shape index (κ1) is 39.1. The molecule has 4 aromatic rings. The van der Waals surface area contributed by atoms with Gasteiger partial charge in [-0.3, -0.25) is 9.96 Å². The van der Waals surface area contributed by atoms with E-state index in [1.807, 2.05) is 0 Å². The van der Waals surface area contributed by atoms with Gasteiger partial charge < -0.3 is 21.4 Å². The Hall–Kier alpha value is -6.69. The Morgan fingerprint density at radius 1 is 0.736 bits per heavy atom. The number of carboxylic acids is 1. The van der Waals surface area contributed by atoms with Crippen LogP contribution < -0.4 is 16.9 Å². The summed E-state index contributed by atoms with van der Waals surface area (Å²) in [5.41, 5.74) is 10.5. The maximum atomic E-state index is 12.7. The van der Waals surface area contributed by atoms with E-state index in [0.29, 0.717) is 11.8 Å². The van der Waals surface area contributed by atoms with Crippen molar-refractivity contribution >= 4 is 93.3 Å². The Kier molecular flexibility index (Phi) is 11.6. The number of carbonyl (C=O) groups is 1. The maximum absolute atomic E-state index is 12.7. The molecular weight excluding hydrogens is 757 g/mol. The van der Waals surface area contributed by atoms with Crippen LogP contribution in [-0.2, 0) is 34.6 Å². The van der Waals surface area contributed by atoms with E-state index < -0.39 is 80.3 Å². The molecule has 0 aliphatic rings. The molecule has 0 fully saturated rings. The van der Waals surface area contributed by atoms with Crippen LogP contribution in [0.2, 0.25) is 0 Å². The summed E-state index contributed by atoms with van der Waals surface area (Å²) in [6.45, 7) is 6.54. The number of nitrogens with one attached hydrogen (secondary N) is 2. The van der Waals surface area contributed by atoms with E-state index in [0.717, 1.165) is 35.7 Å². The molecular formula is C30H26N10O10S3. The van der Waals surface area contributed by atoms with E-state index in [-0.39, 0.29) is 26.9 Å². The number of hydrogen-bond donors (Lipinski definition) is 6. The van der Waals surface area contributed by atoms with Gasteiger partial charge >= 0.3 is 5.97 Å². The minimum atomic E-state index is -4.95. The number of anilines is 3. The molecule has 0 saturated carbocycles. The Balaban J connectivity index is 2.01. The van der Waals surface area contributed by atoms with Gasteiger partial charge in [0, 0.05) is 10.8 Å². The van der Waals surface area contributed by atoms with Crippen molar-refractivity contribution in [1.82, 2.24) is 0 Å². The van der Waals surface area contributed by atoms with Crippen molar-refractivity contribution < 1.29 is 44.5 Å². The molecule has 53 heavy (non-hydrogen) atoms. The summed E-state index contributed by atoms with van der Waals surface area (Å²) in [7, 11) is -12.7. The molecule has 4 aromatic carbocycles. The Labute approximate surface area is 301 Å². The van der Waals surface area contributed by atoms with Gasteiger partial charge in [-0.2, -0.15) is 18.6 Å². The summed E-state index contributed by atoms with van der Waals surface area (Å²) in [4.78, 5) is 16.2. The summed E-state index contributed by atoms with van der Waals surface area (Å²) in [6, 6.07) is 13.2. The van der Waals surface area contributed by atoms with Gasteiger partial charge in [-0.25, -0.2) is 27.1 Å². The standard InChI is InChI=1S/C30H26N10O10S3/c1-3-51(43,44)20-9-5-7-17(13-20)34-37-27-24(30(41)42)28(38-36-22-15-19(40-50-16-31)11-12-23(22)53(47,48)49)26(33)29(25(27)32)39-35-18-8-6-10-21(14-18)52(45,46)4-2/h3-16,31,40H,1-2,32-33H2,(H,41,42)(H,47,48,49). The van der Waals surface area contributed by atoms with Crippen LogP contribution in [0, 0.1) is 5.41 Å². The zero-order valence-electron chi connectivity index (χ0n) is 26.7. The van der Waals surface area contributed by atoms with Gasteiger partial charge in [-0.05, 0) is 54.6 Å². The largest absolute Gasteiger partial charge is 0.478 e. The molecule has 0 radical (unpaired) electrons. The minimum absolute atomic E-state index is 0.0176. The molecule has 20 nitrogen and oxygen atoms in total. The molecule has 4 rings (SSSR count). The van der Waals surface area contributed by atoms with Gasteiger partial charge in [0.2, 0.25) is 6.40 Å². The van der Waals surface area contributed by atoms with Crippen LogP contribution in [0.25, 0.3) is 0 Å². The fraction of sp³-hybridized carbons (Fsp3) is 0. The Morgan fingerprint density at radius 3 is 1.68 bits per heavy atom. The van der Waals surface area contributed by atoms with Gasteiger partial charge in [-0.15, -0.1) is 20.5 Å². The number of nitrogens with two attached hydrogens (primary N) is 2. The molecule has 23 heteroatoms. The number of nitrogens with zero attached hydrogens (tertiary/aromatic N) is 6. The average Bonchev–Trinajstić information content (AvgIpc) is 3.12. The third-order valence-electron chi connectivity index (χ3n) is 6.70. The third kappa shape index (κ3) is 8.98. The molecule has 0 aliphatic carbocycles. The van der Waals surface area contributed by atoms with Crippen molar-refractivity contribution in [3.63, 3.8) is 0 Å². The average molecular weight is 783 g/mol. The summed E-state index contributed by atoms with van der Waals surface area (Å²) >= 11 is 0. The van der Waals surface area contributed by atoms with Crippen molar-refractivity contribution in [3.8, 4) is 0 Å². The second-order valence-electron chi connectivity index (χ2n) is 10.1. The lowest BCUT2D eigenvalue weighted by atomic mass is 10.1. The highest BCUT2D eigenvalue weighted by atomic mass is 32.2. The van der Waals surface area contributed by atoms with Crippen molar-refractivity contribution in [2.24, 2.45) is 30.7 Å². The minimum Gasteiger partial charge on any atom is -0.478 e. The number of benzene rings is 4. The predicted molar refractivity (Wildman–Crippen MR) is 192 cm³/mol. The number of hydrogen-bond acceptors (Lipinski definition) is 18. The van der Waals surface area contributed by atoms with E-state index in [2.05, 4.69) is 54.2 Å². The molecule has 0 atom stereocenters. The molecule has 0 amide bonds. The maximum Gasteiger partial charge on any atom is 0.340 e. The quantitative estimate of drug-likeness (QED) is 0.0180. The summed E-state index contributed by atoms with van der Waals surface area (Å²) in [5.74, 6) is -1.75. The van der Waals surface area contributed by atoms with Crippen LogP contribution in [0.15, 0.2) is 136 Å². The van der Waals surface area contributed by atoms with E-state index >= 15 is 0 Å². The van der Waals surface area contributed by atoms with Gasteiger partial charge in [0.1, 0.15) is 33.2 Å². The molecule has 0 aromatic heterocycles. The van der Waals surface area contributed by atoms with Gasteiger partial charge in [0.15, 0.2) is 19.7 Å². The summed E-state index contributed by atoms with van der Waals surface area (Å²) in [6.07, 6.45) is 0.515. The van der Waals surface area contributed by atoms with E-state index in [4.69, 9.17) is 16.9 Å². The number of carboxylic acid groups (broad SMARTS) is 1. The van der Waals surface area contributed by atoms with Gasteiger partial charge in [-0.1, -0.05) is 25.3 Å². The Morgan fingerprint density at radius 2 is 1.23 bits per heavy atom. The smallest absolute Gasteiger partial charge is 0.340 e. The van der Waals surface area contributed by atoms with Crippen LogP contribution >= 0.6 is 0 Å². The fourth-order valence-electron chi connectivity index (χ4n) is 4.20. The molecule has 0 aliphatic heterocycles. The molecule has 274 valence electrons. The highest BCUT2D eigenvalue weighted by Gasteiger charge is 2.27. The lowest BCUT2D eigenvalue weighted by molar-refractivity contribution is 0.0698. The molecule has 0 spiro atoms. The van der Waals surface area contributed by atoms with Crippen LogP contribution in [0.5, 0.6) is 0 Å². The van der Waals surface area contributed by atoms with E-state index in [1.165, 1.54) is 36.4 Å². The molecule has 8 N–H and O–H groups in total. The number of sulfone groups is 2. The highest BCUT2D eigenvalue weighted by molar-refractivity contribution is 7.94. The molecule has 0 heterocycles.